The average molecular weight is 151 g/mol. The molecule has 0 rings (SSSR count). The standard InChI is InChI=1S/C5H13NS2/c1-7-8-5-3-2-4-6/h2-6H2,1H3. The highest BCUT2D eigenvalue weighted by Crippen LogP contribution is 2.17. The highest BCUT2D eigenvalue weighted by molar-refractivity contribution is 8.76. The molecule has 0 bridgehead atoms. The molecule has 0 unspecified atom stereocenters. The van der Waals surface area contributed by atoms with Gasteiger partial charge in [0.25, 0.3) is 0 Å². The Balaban J connectivity index is 2.53. The van der Waals surface area contributed by atoms with E-state index in [1.54, 1.807) is 0 Å². The van der Waals surface area contributed by atoms with Crippen molar-refractivity contribution in [2.45, 2.75) is 12.8 Å². The van der Waals surface area contributed by atoms with E-state index in [0.717, 1.165) is 6.54 Å². The maximum absolute atomic E-state index is 5.29. The third-order valence-electron chi connectivity index (χ3n) is 0.800. The molecule has 0 atom stereocenters. The van der Waals surface area contributed by atoms with Crippen LogP contribution in [0.3, 0.4) is 0 Å². The number of nitrogens with two attached hydrogens (primary N) is 1. The van der Waals surface area contributed by atoms with Crippen LogP contribution in [-0.2, 0) is 0 Å². The monoisotopic (exact) mass is 151 g/mol. The van der Waals surface area contributed by atoms with Gasteiger partial charge in [0.15, 0.2) is 0 Å². The number of hydrogen-bond donors (Lipinski definition) is 1. The Kier molecular flexibility index (Phi) is 8.29. The Morgan fingerprint density at radius 2 is 2.12 bits per heavy atom. The van der Waals surface area contributed by atoms with Crippen molar-refractivity contribution < 1.29 is 0 Å². The lowest BCUT2D eigenvalue weighted by Crippen LogP contribution is -1.97. The maximum atomic E-state index is 5.29. The van der Waals surface area contributed by atoms with Crippen LogP contribution in [0.25, 0.3) is 0 Å². The van der Waals surface area contributed by atoms with E-state index in [4.69, 9.17) is 5.73 Å². The minimum atomic E-state index is 0.842. The molecule has 0 aromatic heterocycles. The lowest BCUT2D eigenvalue weighted by atomic mass is 10.3. The van der Waals surface area contributed by atoms with E-state index < -0.39 is 0 Å². The van der Waals surface area contributed by atoms with Gasteiger partial charge in [-0.1, -0.05) is 21.6 Å². The summed E-state index contributed by atoms with van der Waals surface area (Å²) in [6, 6.07) is 0. The van der Waals surface area contributed by atoms with Gasteiger partial charge < -0.3 is 5.73 Å². The van der Waals surface area contributed by atoms with Crippen molar-refractivity contribution in [3.63, 3.8) is 0 Å². The molecule has 0 aliphatic rings. The first-order valence-corrected chi connectivity index (χ1v) is 5.50. The third kappa shape index (κ3) is 6.66. The molecule has 0 radical (unpaired) electrons. The molecule has 1 nitrogen and oxygen atoms in total. The first kappa shape index (κ1) is 8.66. The van der Waals surface area contributed by atoms with Gasteiger partial charge in [-0.2, -0.15) is 0 Å². The normalized spacial score (nSPS) is 9.75. The Morgan fingerprint density at radius 3 is 2.62 bits per heavy atom. The molecule has 0 aromatic rings. The summed E-state index contributed by atoms with van der Waals surface area (Å²) in [6.07, 6.45) is 4.54. The van der Waals surface area contributed by atoms with Gasteiger partial charge in [-0.3, -0.25) is 0 Å². The Hall–Kier alpha value is 0.660. The summed E-state index contributed by atoms with van der Waals surface area (Å²) in [5, 5.41) is 0. The van der Waals surface area contributed by atoms with Crippen molar-refractivity contribution in [2.75, 3.05) is 18.6 Å². The van der Waals surface area contributed by atoms with Gasteiger partial charge in [-0.15, -0.1) is 0 Å². The third-order valence-corrected chi connectivity index (χ3v) is 2.70. The molecule has 0 amide bonds. The Morgan fingerprint density at radius 1 is 1.38 bits per heavy atom. The van der Waals surface area contributed by atoms with Gasteiger partial charge in [-0.25, -0.2) is 0 Å². The lowest BCUT2D eigenvalue weighted by Gasteiger charge is -1.93. The number of hydrogen-bond acceptors (Lipinski definition) is 3. The van der Waals surface area contributed by atoms with E-state index in [-0.39, 0.29) is 0 Å². The summed E-state index contributed by atoms with van der Waals surface area (Å²) >= 11 is 0. The van der Waals surface area contributed by atoms with Crippen LogP contribution < -0.4 is 5.73 Å². The molecular formula is C5H13NS2. The molecule has 2 N–H and O–H groups in total. The largest absolute Gasteiger partial charge is 0.330 e. The van der Waals surface area contributed by atoms with Gasteiger partial charge in [0.1, 0.15) is 0 Å². The summed E-state index contributed by atoms with van der Waals surface area (Å²) < 4.78 is 0. The van der Waals surface area contributed by atoms with E-state index >= 15 is 0 Å². The van der Waals surface area contributed by atoms with Crippen molar-refractivity contribution in [2.24, 2.45) is 5.73 Å². The molecule has 0 aliphatic carbocycles. The molecule has 0 spiro atoms. The molecule has 0 saturated heterocycles. The summed E-state index contributed by atoms with van der Waals surface area (Å²) in [4.78, 5) is 0. The summed E-state index contributed by atoms with van der Waals surface area (Å²) in [5.41, 5.74) is 5.29. The van der Waals surface area contributed by atoms with Crippen molar-refractivity contribution in [1.29, 1.82) is 0 Å². The molecule has 0 aliphatic heterocycles. The van der Waals surface area contributed by atoms with Crippen LogP contribution in [-0.4, -0.2) is 18.6 Å². The SMILES string of the molecule is CSSCCCCN. The fraction of sp³-hybridized carbons (Fsp3) is 1.00. The zero-order valence-electron chi connectivity index (χ0n) is 5.22. The van der Waals surface area contributed by atoms with Crippen molar-refractivity contribution >= 4 is 21.6 Å². The molecule has 0 aromatic carbocycles. The van der Waals surface area contributed by atoms with E-state index in [9.17, 15) is 0 Å². The van der Waals surface area contributed by atoms with Crippen LogP contribution in [0.1, 0.15) is 12.8 Å². The highest BCUT2D eigenvalue weighted by Gasteiger charge is 1.84. The summed E-state index contributed by atoms with van der Waals surface area (Å²) in [6.45, 7) is 0.842. The molecule has 50 valence electrons. The molecule has 0 heterocycles. The lowest BCUT2D eigenvalue weighted by molar-refractivity contribution is 0.816. The molecule has 3 heteroatoms. The molecule has 0 saturated carbocycles. The van der Waals surface area contributed by atoms with Crippen LogP contribution in [0, 0.1) is 0 Å². The van der Waals surface area contributed by atoms with Crippen molar-refractivity contribution in [3.05, 3.63) is 0 Å². The molecule has 8 heavy (non-hydrogen) atoms. The molecule has 0 fully saturated rings. The second kappa shape index (κ2) is 7.66. The average Bonchev–Trinajstić information content (AvgIpc) is 1.81. The molecular weight excluding hydrogens is 138 g/mol. The van der Waals surface area contributed by atoms with Gasteiger partial charge in [0, 0.05) is 5.75 Å². The fourth-order valence-corrected chi connectivity index (χ4v) is 1.73. The quantitative estimate of drug-likeness (QED) is 0.479. The predicted molar refractivity (Wildman–Crippen MR) is 44.3 cm³/mol. The second-order valence-corrected chi connectivity index (χ2v) is 4.17. The number of unbranched alkanes of at least 4 members (excludes halogenated alkanes) is 1. The number of rotatable bonds is 5. The van der Waals surface area contributed by atoms with E-state index in [0.29, 0.717) is 0 Å². The Bertz CT molecular complexity index is 35.4. The predicted octanol–water partition coefficient (Wildman–Crippen LogP) is 1.74. The van der Waals surface area contributed by atoms with Gasteiger partial charge in [-0.05, 0) is 25.6 Å². The zero-order valence-corrected chi connectivity index (χ0v) is 6.86. The second-order valence-electron chi connectivity index (χ2n) is 1.48. The van der Waals surface area contributed by atoms with E-state index in [1.165, 1.54) is 18.6 Å². The fourth-order valence-electron chi connectivity index (χ4n) is 0.389. The minimum Gasteiger partial charge on any atom is -0.330 e. The van der Waals surface area contributed by atoms with Gasteiger partial charge in [0.05, 0.1) is 0 Å². The topological polar surface area (TPSA) is 26.0 Å². The highest BCUT2D eigenvalue weighted by atomic mass is 33.1. The first-order valence-electron chi connectivity index (χ1n) is 2.77. The zero-order chi connectivity index (χ0) is 6.24. The smallest absolute Gasteiger partial charge is 0.00373 e. The van der Waals surface area contributed by atoms with Crippen LogP contribution >= 0.6 is 21.6 Å². The summed E-state index contributed by atoms with van der Waals surface area (Å²) in [7, 11) is 3.74. The van der Waals surface area contributed by atoms with E-state index in [1.807, 2.05) is 21.6 Å². The minimum absolute atomic E-state index is 0.842. The summed E-state index contributed by atoms with van der Waals surface area (Å²) in [5.74, 6) is 1.25. The Labute approximate surface area is 59.2 Å². The van der Waals surface area contributed by atoms with Gasteiger partial charge in [0.2, 0.25) is 0 Å². The van der Waals surface area contributed by atoms with Crippen molar-refractivity contribution in [1.82, 2.24) is 0 Å². The van der Waals surface area contributed by atoms with Crippen molar-refractivity contribution in [3.8, 4) is 0 Å². The van der Waals surface area contributed by atoms with Crippen LogP contribution in [0.15, 0.2) is 0 Å². The van der Waals surface area contributed by atoms with Crippen LogP contribution in [0.4, 0.5) is 0 Å². The van der Waals surface area contributed by atoms with Crippen LogP contribution in [0.5, 0.6) is 0 Å². The maximum Gasteiger partial charge on any atom is 0.00373 e. The van der Waals surface area contributed by atoms with Gasteiger partial charge >= 0.3 is 0 Å². The first-order chi connectivity index (χ1) is 3.91. The van der Waals surface area contributed by atoms with E-state index in [2.05, 4.69) is 6.26 Å². The van der Waals surface area contributed by atoms with Crippen LogP contribution in [0.2, 0.25) is 0 Å².